The average molecular weight is 546 g/mol. The highest BCUT2D eigenvalue weighted by Crippen LogP contribution is 2.35. The Kier molecular flexibility index (Phi) is 7.17. The molecule has 0 spiro atoms. The molecule has 1 aliphatic heterocycles. The SMILES string of the molecule is Cc1ccc(Cl)c2sc(N(CCCN3CCOCC3)C(=O)Cn3cnc4c3c(=O)n(C)c(=O)n4C)nc12. The monoisotopic (exact) mass is 545 g/mol. The fourth-order valence-corrected chi connectivity index (χ4v) is 5.92. The number of imidazole rings is 1. The minimum atomic E-state index is -0.496. The number of morpholine rings is 1. The third-order valence-electron chi connectivity index (χ3n) is 6.70. The van der Waals surface area contributed by atoms with E-state index in [1.54, 1.807) is 11.9 Å². The topological polar surface area (TPSA) is 107 Å². The lowest BCUT2D eigenvalue weighted by Crippen LogP contribution is -2.40. The van der Waals surface area contributed by atoms with Crippen molar-refractivity contribution >= 4 is 55.4 Å². The van der Waals surface area contributed by atoms with Gasteiger partial charge in [-0.2, -0.15) is 0 Å². The summed E-state index contributed by atoms with van der Waals surface area (Å²) in [6.07, 6.45) is 2.17. The smallest absolute Gasteiger partial charge is 0.332 e. The molecule has 0 bridgehead atoms. The van der Waals surface area contributed by atoms with Crippen LogP contribution in [0.1, 0.15) is 12.0 Å². The second-order valence-electron chi connectivity index (χ2n) is 9.14. The fraction of sp³-hybridized carbons (Fsp3) is 0.458. The zero-order valence-electron chi connectivity index (χ0n) is 20.9. The van der Waals surface area contributed by atoms with Crippen molar-refractivity contribution in [2.24, 2.45) is 14.1 Å². The lowest BCUT2D eigenvalue weighted by atomic mass is 10.2. The Bertz CT molecular complexity index is 1560. The summed E-state index contributed by atoms with van der Waals surface area (Å²) in [7, 11) is 2.96. The molecule has 1 aromatic carbocycles. The molecule has 0 N–H and O–H groups in total. The van der Waals surface area contributed by atoms with E-state index in [9.17, 15) is 14.4 Å². The van der Waals surface area contributed by atoms with Gasteiger partial charge >= 0.3 is 5.69 Å². The number of halogens is 1. The first-order valence-electron chi connectivity index (χ1n) is 12.0. The molecule has 0 aliphatic carbocycles. The summed E-state index contributed by atoms with van der Waals surface area (Å²) < 4.78 is 10.1. The van der Waals surface area contributed by atoms with Gasteiger partial charge in [0.25, 0.3) is 5.56 Å². The van der Waals surface area contributed by atoms with Crippen LogP contribution in [0.3, 0.4) is 0 Å². The molecule has 11 nitrogen and oxygen atoms in total. The van der Waals surface area contributed by atoms with Gasteiger partial charge in [-0.3, -0.25) is 28.5 Å². The number of amides is 1. The maximum atomic E-state index is 13.7. The molecule has 0 unspecified atom stereocenters. The predicted octanol–water partition coefficient (Wildman–Crippen LogP) is 1.76. The summed E-state index contributed by atoms with van der Waals surface area (Å²) in [6.45, 7) is 6.28. The van der Waals surface area contributed by atoms with E-state index in [0.717, 1.165) is 46.4 Å². The van der Waals surface area contributed by atoms with Crippen molar-refractivity contribution in [1.82, 2.24) is 28.6 Å². The first kappa shape index (κ1) is 25.6. The van der Waals surface area contributed by atoms with Crippen molar-refractivity contribution in [2.75, 3.05) is 44.3 Å². The molecule has 1 aliphatic rings. The van der Waals surface area contributed by atoms with Crippen LogP contribution in [0.2, 0.25) is 5.02 Å². The van der Waals surface area contributed by atoms with Crippen LogP contribution in [0.25, 0.3) is 21.4 Å². The number of anilines is 1. The van der Waals surface area contributed by atoms with Gasteiger partial charge in [0.05, 0.1) is 34.8 Å². The zero-order valence-corrected chi connectivity index (χ0v) is 22.5. The van der Waals surface area contributed by atoms with Crippen LogP contribution in [-0.4, -0.2) is 73.9 Å². The third-order valence-corrected chi connectivity index (χ3v) is 8.24. The van der Waals surface area contributed by atoms with Gasteiger partial charge in [0.1, 0.15) is 6.54 Å². The maximum absolute atomic E-state index is 13.7. The lowest BCUT2D eigenvalue weighted by molar-refractivity contribution is -0.119. The summed E-state index contributed by atoms with van der Waals surface area (Å²) in [5.41, 5.74) is 1.23. The Balaban J connectivity index is 1.47. The summed E-state index contributed by atoms with van der Waals surface area (Å²) in [5.74, 6) is -0.231. The molecule has 0 saturated carbocycles. The highest BCUT2D eigenvalue weighted by molar-refractivity contribution is 7.23. The minimum absolute atomic E-state index is 0.121. The van der Waals surface area contributed by atoms with E-state index in [-0.39, 0.29) is 23.6 Å². The number of hydrogen-bond donors (Lipinski definition) is 0. The number of nitrogens with zero attached hydrogens (tertiary/aromatic N) is 7. The van der Waals surface area contributed by atoms with Gasteiger partial charge in [0, 0.05) is 40.3 Å². The van der Waals surface area contributed by atoms with Gasteiger partial charge in [-0.25, -0.2) is 14.8 Å². The third kappa shape index (κ3) is 4.81. The highest BCUT2D eigenvalue weighted by atomic mass is 35.5. The molecule has 4 aromatic rings. The van der Waals surface area contributed by atoms with Crippen LogP contribution in [0.15, 0.2) is 28.0 Å². The number of carbonyl (C=O) groups is 1. The fourth-order valence-electron chi connectivity index (χ4n) is 4.56. The number of fused-ring (bicyclic) bond motifs is 2. The number of thiazole rings is 1. The van der Waals surface area contributed by atoms with Crippen LogP contribution < -0.4 is 16.1 Å². The van der Waals surface area contributed by atoms with Crippen LogP contribution in [0.4, 0.5) is 5.13 Å². The second kappa shape index (κ2) is 10.4. The average Bonchev–Trinajstić information content (AvgIpc) is 3.53. The maximum Gasteiger partial charge on any atom is 0.332 e. The molecule has 3 aromatic heterocycles. The summed E-state index contributed by atoms with van der Waals surface area (Å²) >= 11 is 7.82. The van der Waals surface area contributed by atoms with Crippen molar-refractivity contribution in [1.29, 1.82) is 0 Å². The van der Waals surface area contributed by atoms with Gasteiger partial charge in [0.2, 0.25) is 5.91 Å². The molecular formula is C24H28ClN7O4S. The normalized spacial score (nSPS) is 14.6. The first-order chi connectivity index (χ1) is 17.8. The molecule has 0 radical (unpaired) electrons. The van der Waals surface area contributed by atoms with E-state index >= 15 is 0 Å². The van der Waals surface area contributed by atoms with Gasteiger partial charge in [-0.1, -0.05) is 29.0 Å². The van der Waals surface area contributed by atoms with Gasteiger partial charge in [-0.15, -0.1) is 0 Å². The first-order valence-corrected chi connectivity index (χ1v) is 13.2. The number of aryl methyl sites for hydroxylation is 2. The van der Waals surface area contributed by atoms with Crippen molar-refractivity contribution in [3.8, 4) is 0 Å². The molecule has 1 amide bonds. The standard InChI is InChI=1S/C24H28ClN7O4S/c1-15-5-6-16(25)20-18(15)27-23(37-20)32(8-4-7-30-9-11-36-12-10-30)17(33)13-31-14-26-21-19(31)22(34)29(3)24(35)28(21)2/h5-6,14H,4,7-13H2,1-3H3. The summed E-state index contributed by atoms with van der Waals surface area (Å²) in [4.78, 5) is 51.9. The number of ether oxygens (including phenoxy) is 1. The number of carbonyl (C=O) groups excluding carboxylic acids is 1. The van der Waals surface area contributed by atoms with E-state index in [1.807, 2.05) is 19.1 Å². The van der Waals surface area contributed by atoms with Gasteiger partial charge < -0.3 is 9.30 Å². The lowest BCUT2D eigenvalue weighted by Gasteiger charge is -2.27. The largest absolute Gasteiger partial charge is 0.379 e. The van der Waals surface area contributed by atoms with E-state index in [1.165, 1.54) is 33.8 Å². The molecule has 4 heterocycles. The molecule has 1 saturated heterocycles. The predicted molar refractivity (Wildman–Crippen MR) is 144 cm³/mol. The number of benzene rings is 1. The molecular weight excluding hydrogens is 518 g/mol. The quantitative estimate of drug-likeness (QED) is 0.348. The van der Waals surface area contributed by atoms with E-state index < -0.39 is 11.2 Å². The van der Waals surface area contributed by atoms with E-state index in [4.69, 9.17) is 21.3 Å². The Hall–Kier alpha value is -3.06. The minimum Gasteiger partial charge on any atom is -0.379 e. The Labute approximate surface area is 221 Å². The number of rotatable bonds is 7. The molecule has 37 heavy (non-hydrogen) atoms. The molecule has 13 heteroatoms. The van der Waals surface area contributed by atoms with Crippen LogP contribution in [-0.2, 0) is 30.2 Å². The zero-order chi connectivity index (χ0) is 26.3. The molecule has 5 rings (SSSR count). The Morgan fingerprint density at radius 2 is 1.95 bits per heavy atom. The van der Waals surface area contributed by atoms with Gasteiger partial charge in [-0.05, 0) is 25.0 Å². The van der Waals surface area contributed by atoms with Crippen LogP contribution in [0, 0.1) is 6.92 Å². The van der Waals surface area contributed by atoms with Crippen LogP contribution in [0.5, 0.6) is 0 Å². The second-order valence-corrected chi connectivity index (χ2v) is 10.5. The Morgan fingerprint density at radius 3 is 2.68 bits per heavy atom. The van der Waals surface area contributed by atoms with E-state index in [0.29, 0.717) is 29.9 Å². The van der Waals surface area contributed by atoms with Crippen molar-refractivity contribution in [3.05, 3.63) is 49.9 Å². The van der Waals surface area contributed by atoms with Crippen LogP contribution >= 0.6 is 22.9 Å². The van der Waals surface area contributed by atoms with Crippen molar-refractivity contribution < 1.29 is 9.53 Å². The summed E-state index contributed by atoms with van der Waals surface area (Å²) in [5, 5.41) is 1.15. The van der Waals surface area contributed by atoms with Gasteiger partial charge in [0.15, 0.2) is 16.3 Å². The molecule has 1 fully saturated rings. The summed E-state index contributed by atoms with van der Waals surface area (Å²) in [6, 6.07) is 3.75. The van der Waals surface area contributed by atoms with Crippen molar-refractivity contribution in [3.63, 3.8) is 0 Å². The number of aromatic nitrogens is 5. The molecule has 0 atom stereocenters. The number of hydrogen-bond acceptors (Lipinski definition) is 8. The van der Waals surface area contributed by atoms with Crippen molar-refractivity contribution in [2.45, 2.75) is 19.9 Å². The Morgan fingerprint density at radius 1 is 1.19 bits per heavy atom. The highest BCUT2D eigenvalue weighted by Gasteiger charge is 2.24. The van der Waals surface area contributed by atoms with E-state index in [2.05, 4.69) is 9.88 Å². The molecule has 196 valence electrons.